The van der Waals surface area contributed by atoms with E-state index < -0.39 is 0 Å². The number of ether oxygens (including phenoxy) is 1. The first kappa shape index (κ1) is 8.65. The Hall–Kier alpha value is 0.650. The number of methoxy groups -OCH3 is 1. The highest BCUT2D eigenvalue weighted by Crippen LogP contribution is 1.87. The summed E-state index contributed by atoms with van der Waals surface area (Å²) in [5, 5.41) is 0. The molecule has 0 heterocycles. The van der Waals surface area contributed by atoms with E-state index in [-0.39, 0.29) is 0 Å². The van der Waals surface area contributed by atoms with E-state index in [4.69, 9.17) is 4.74 Å². The first-order valence-electron chi connectivity index (χ1n) is 2.54. The van der Waals surface area contributed by atoms with Crippen molar-refractivity contribution in [1.82, 2.24) is 4.90 Å². The lowest BCUT2D eigenvalue weighted by molar-refractivity contribution is 0.171. The molecule has 0 aliphatic heterocycles. The van der Waals surface area contributed by atoms with Crippen molar-refractivity contribution in [2.24, 2.45) is 0 Å². The third-order valence-corrected chi connectivity index (χ3v) is 2.05. The zero-order valence-corrected chi connectivity index (χ0v) is 7.51. The Balaban J connectivity index is 2.86. The molecule has 0 aromatic heterocycles. The van der Waals surface area contributed by atoms with Crippen LogP contribution >= 0.6 is 22.6 Å². The third kappa shape index (κ3) is 4.80. The van der Waals surface area contributed by atoms with E-state index in [0.29, 0.717) is 0 Å². The molecule has 0 saturated heterocycles. The minimum atomic E-state index is 0.833. The molecule has 2 nitrogen and oxygen atoms in total. The number of alkyl halides is 1. The van der Waals surface area contributed by atoms with Crippen LogP contribution in [0.1, 0.15) is 0 Å². The van der Waals surface area contributed by atoms with Gasteiger partial charge in [0, 0.05) is 13.7 Å². The zero-order chi connectivity index (χ0) is 6.41. The number of halogens is 1. The normalized spacial score (nSPS) is 10.5. The minimum Gasteiger partial charge on any atom is -0.383 e. The van der Waals surface area contributed by atoms with Crippen LogP contribution in [0.25, 0.3) is 0 Å². The van der Waals surface area contributed by atoms with Crippen LogP contribution in [-0.4, -0.2) is 36.8 Å². The molecule has 0 rings (SSSR count). The fourth-order valence-corrected chi connectivity index (χ4v) is 0.648. The average Bonchev–Trinajstić information content (AvgIpc) is 1.83. The molecular weight excluding hydrogens is 217 g/mol. The highest BCUT2D eigenvalue weighted by atomic mass is 127. The summed E-state index contributed by atoms with van der Waals surface area (Å²) in [7, 11) is 3.80. The zero-order valence-electron chi connectivity index (χ0n) is 5.35. The highest BCUT2D eigenvalue weighted by molar-refractivity contribution is 14.1. The molecule has 0 N–H and O–H groups in total. The van der Waals surface area contributed by atoms with Gasteiger partial charge >= 0.3 is 0 Å². The second-order valence-electron chi connectivity index (χ2n) is 1.69. The molecule has 0 radical (unpaired) electrons. The Labute approximate surface area is 64.3 Å². The fourth-order valence-electron chi connectivity index (χ4n) is 0.307. The van der Waals surface area contributed by atoms with Gasteiger partial charge in [-0.05, 0) is 7.05 Å². The van der Waals surface area contributed by atoms with Crippen molar-refractivity contribution in [3.63, 3.8) is 0 Å². The first-order chi connectivity index (χ1) is 3.81. The fraction of sp³-hybridized carbons (Fsp3) is 1.00. The quantitative estimate of drug-likeness (QED) is 0.404. The maximum atomic E-state index is 4.87. The summed E-state index contributed by atoms with van der Waals surface area (Å²) >= 11 is 2.32. The van der Waals surface area contributed by atoms with Gasteiger partial charge in [-0.25, -0.2) is 0 Å². The molecule has 3 heteroatoms. The maximum Gasteiger partial charge on any atom is 0.0589 e. The van der Waals surface area contributed by atoms with E-state index in [2.05, 4.69) is 34.5 Å². The molecule has 0 aromatic rings. The highest BCUT2D eigenvalue weighted by Gasteiger charge is 1.90. The Kier molecular flexibility index (Phi) is 6.25. The van der Waals surface area contributed by atoms with Gasteiger partial charge in [0.15, 0.2) is 0 Å². The minimum absolute atomic E-state index is 0.833. The Morgan fingerprint density at radius 3 is 2.62 bits per heavy atom. The van der Waals surface area contributed by atoms with Gasteiger partial charge in [-0.15, -0.1) is 0 Å². The molecule has 0 saturated carbocycles. The third-order valence-electron chi connectivity index (χ3n) is 0.881. The Morgan fingerprint density at radius 1 is 1.62 bits per heavy atom. The maximum absolute atomic E-state index is 4.87. The molecule has 0 fully saturated rings. The summed E-state index contributed by atoms with van der Waals surface area (Å²) in [5.74, 6) is 0. The Morgan fingerprint density at radius 2 is 2.25 bits per heavy atom. The van der Waals surface area contributed by atoms with Gasteiger partial charge in [0.25, 0.3) is 0 Å². The van der Waals surface area contributed by atoms with E-state index in [1.807, 2.05) is 0 Å². The molecule has 0 aliphatic carbocycles. The summed E-state index contributed by atoms with van der Waals surface area (Å²) in [5.41, 5.74) is 0. The van der Waals surface area contributed by atoms with Crippen molar-refractivity contribution in [2.45, 2.75) is 0 Å². The van der Waals surface area contributed by atoms with Gasteiger partial charge < -0.3 is 4.74 Å². The summed E-state index contributed by atoms with van der Waals surface area (Å²) in [4.78, 5) is 2.20. The lowest BCUT2D eigenvalue weighted by atomic mass is 10.6. The van der Waals surface area contributed by atoms with Gasteiger partial charge in [0.05, 0.1) is 11.2 Å². The van der Waals surface area contributed by atoms with E-state index in [1.54, 1.807) is 7.11 Å². The van der Waals surface area contributed by atoms with E-state index >= 15 is 0 Å². The summed E-state index contributed by atoms with van der Waals surface area (Å²) in [6, 6.07) is 0. The summed E-state index contributed by atoms with van der Waals surface area (Å²) in [6.07, 6.45) is 0. The number of rotatable bonds is 4. The molecule has 0 amide bonds. The van der Waals surface area contributed by atoms with Crippen LogP contribution in [0.4, 0.5) is 0 Å². The SMILES string of the molecule is COCCN(C)CI. The predicted molar refractivity (Wildman–Crippen MR) is 43.4 cm³/mol. The standard InChI is InChI=1S/C5H12INO/c1-7(5-6)3-4-8-2/h3-5H2,1-2H3. The van der Waals surface area contributed by atoms with E-state index in [1.165, 1.54) is 0 Å². The van der Waals surface area contributed by atoms with Gasteiger partial charge in [0.2, 0.25) is 0 Å². The van der Waals surface area contributed by atoms with Gasteiger partial charge in [-0.3, -0.25) is 4.90 Å². The second-order valence-corrected chi connectivity index (χ2v) is 2.37. The first-order valence-corrected chi connectivity index (χ1v) is 4.07. The van der Waals surface area contributed by atoms with Crippen molar-refractivity contribution < 1.29 is 4.74 Å². The van der Waals surface area contributed by atoms with Crippen LogP contribution in [0.5, 0.6) is 0 Å². The van der Waals surface area contributed by atoms with E-state index in [0.717, 1.165) is 17.7 Å². The van der Waals surface area contributed by atoms with Crippen LogP contribution < -0.4 is 0 Å². The number of nitrogens with zero attached hydrogens (tertiary/aromatic N) is 1. The van der Waals surface area contributed by atoms with Gasteiger partial charge in [-0.2, -0.15) is 0 Å². The smallest absolute Gasteiger partial charge is 0.0589 e. The van der Waals surface area contributed by atoms with Crippen LogP contribution in [0, 0.1) is 0 Å². The van der Waals surface area contributed by atoms with Crippen LogP contribution in [0.3, 0.4) is 0 Å². The van der Waals surface area contributed by atoms with Crippen molar-refractivity contribution >= 4 is 22.6 Å². The molecule has 0 aromatic carbocycles. The van der Waals surface area contributed by atoms with E-state index in [9.17, 15) is 0 Å². The van der Waals surface area contributed by atoms with Crippen molar-refractivity contribution in [2.75, 3.05) is 31.9 Å². The predicted octanol–water partition coefficient (Wildman–Crippen LogP) is 0.957. The topological polar surface area (TPSA) is 12.5 Å². The van der Waals surface area contributed by atoms with Gasteiger partial charge in [-0.1, -0.05) is 22.6 Å². The Bertz CT molecular complexity index is 51.7. The van der Waals surface area contributed by atoms with Crippen molar-refractivity contribution in [3.05, 3.63) is 0 Å². The van der Waals surface area contributed by atoms with Crippen molar-refractivity contribution in [1.29, 1.82) is 0 Å². The molecule has 0 aliphatic rings. The van der Waals surface area contributed by atoms with Crippen molar-refractivity contribution in [3.8, 4) is 0 Å². The second kappa shape index (κ2) is 5.78. The lowest BCUT2D eigenvalue weighted by Crippen LogP contribution is -2.20. The molecule has 0 spiro atoms. The average molecular weight is 229 g/mol. The van der Waals surface area contributed by atoms with Crippen LogP contribution in [0.15, 0.2) is 0 Å². The molecule has 0 unspecified atom stereocenters. The number of hydrogen-bond acceptors (Lipinski definition) is 2. The lowest BCUT2D eigenvalue weighted by Gasteiger charge is -2.10. The number of likely N-dealkylation sites (N-methyl/N-ethyl adjacent to an activating group) is 1. The molecule has 8 heavy (non-hydrogen) atoms. The summed E-state index contributed by atoms with van der Waals surface area (Å²) in [6.45, 7) is 1.86. The number of hydrogen-bond donors (Lipinski definition) is 0. The van der Waals surface area contributed by atoms with Crippen LogP contribution in [-0.2, 0) is 4.74 Å². The molecular formula is C5H12INO. The molecule has 0 bridgehead atoms. The van der Waals surface area contributed by atoms with Crippen LogP contribution in [0.2, 0.25) is 0 Å². The monoisotopic (exact) mass is 229 g/mol. The summed E-state index contributed by atoms with van der Waals surface area (Å²) < 4.78 is 5.94. The van der Waals surface area contributed by atoms with Gasteiger partial charge in [0.1, 0.15) is 0 Å². The molecule has 50 valence electrons. The largest absolute Gasteiger partial charge is 0.383 e. The molecule has 0 atom stereocenters.